The molecule has 1 aliphatic rings. The summed E-state index contributed by atoms with van der Waals surface area (Å²) in [6.07, 6.45) is 5.17. The van der Waals surface area contributed by atoms with Gasteiger partial charge < -0.3 is 9.80 Å². The number of anilines is 1. The highest BCUT2D eigenvalue weighted by molar-refractivity contribution is 6.30. The quantitative estimate of drug-likeness (QED) is 0.428. The minimum atomic E-state index is -0.0483. The molecule has 0 bridgehead atoms. The molecule has 3 aromatic rings. The van der Waals surface area contributed by atoms with Gasteiger partial charge in [-0.2, -0.15) is 0 Å². The van der Waals surface area contributed by atoms with Gasteiger partial charge in [0.2, 0.25) is 5.78 Å². The minimum absolute atomic E-state index is 0.0483. The smallest absolute Gasteiger partial charge is 0.261 e. The van der Waals surface area contributed by atoms with Crippen LogP contribution in [0.2, 0.25) is 5.02 Å². The topological polar surface area (TPSA) is 49.0 Å². The van der Waals surface area contributed by atoms with E-state index >= 15 is 0 Å². The highest BCUT2D eigenvalue weighted by atomic mass is 35.5. The lowest BCUT2D eigenvalue weighted by molar-refractivity contribution is 0.258. The highest BCUT2D eigenvalue weighted by Gasteiger charge is 2.22. The van der Waals surface area contributed by atoms with E-state index in [-0.39, 0.29) is 5.56 Å². The molecule has 0 spiro atoms. The summed E-state index contributed by atoms with van der Waals surface area (Å²) < 4.78 is 3.90. The molecule has 0 aliphatic carbocycles. The lowest BCUT2D eigenvalue weighted by Gasteiger charge is -2.37. The molecule has 0 atom stereocenters. The third kappa shape index (κ3) is 5.31. The normalized spacial score (nSPS) is 14.6. The maximum atomic E-state index is 13.1. The Morgan fingerprint density at radius 3 is 2.47 bits per heavy atom. The Balaban J connectivity index is 1.66. The van der Waals surface area contributed by atoms with Crippen LogP contribution in [0.3, 0.4) is 0 Å². The molecule has 2 aromatic heterocycles. The Labute approximate surface area is 206 Å². The summed E-state index contributed by atoms with van der Waals surface area (Å²) in [7, 11) is 4.07. The number of aryl methyl sites for hydroxylation is 1. The van der Waals surface area contributed by atoms with Crippen LogP contribution in [0.15, 0.2) is 53.6 Å². The number of unbranched alkanes of at least 4 members (excludes halogenated alkanes) is 2. The Morgan fingerprint density at radius 2 is 1.82 bits per heavy atom. The molecule has 1 fully saturated rings. The van der Waals surface area contributed by atoms with Gasteiger partial charge in [-0.15, -0.1) is 0 Å². The molecule has 8 heteroatoms. The summed E-state index contributed by atoms with van der Waals surface area (Å²) >= 11 is 6.06. The Kier molecular flexibility index (Phi) is 7.63. The molecule has 1 saturated heterocycles. The van der Waals surface area contributed by atoms with Crippen molar-refractivity contribution in [1.82, 2.24) is 23.8 Å². The lowest BCUT2D eigenvalue weighted by atomic mass is 10.2. The summed E-state index contributed by atoms with van der Waals surface area (Å²) in [5.74, 6) is 1.67. The maximum Gasteiger partial charge on any atom is 0.261 e. The predicted molar refractivity (Wildman–Crippen MR) is 141 cm³/mol. The zero-order valence-corrected chi connectivity index (χ0v) is 21.3. The molecule has 3 heterocycles. The Morgan fingerprint density at radius 1 is 1.12 bits per heavy atom. The van der Waals surface area contributed by atoms with E-state index < -0.39 is 0 Å². The number of imidazole rings is 1. The van der Waals surface area contributed by atoms with Crippen molar-refractivity contribution in [2.75, 3.05) is 51.7 Å². The molecule has 0 unspecified atom stereocenters. The first-order chi connectivity index (χ1) is 16.4. The molecule has 0 amide bonds. The minimum Gasteiger partial charge on any atom is -0.380 e. The van der Waals surface area contributed by atoms with E-state index in [9.17, 15) is 4.79 Å². The van der Waals surface area contributed by atoms with Crippen molar-refractivity contribution in [2.24, 2.45) is 0 Å². The van der Waals surface area contributed by atoms with Crippen molar-refractivity contribution in [3.63, 3.8) is 0 Å². The summed E-state index contributed by atoms with van der Waals surface area (Å²) in [4.78, 5) is 24.9. The average Bonchev–Trinajstić information content (AvgIpc) is 3.27. The molecule has 0 radical (unpaired) electrons. The van der Waals surface area contributed by atoms with Gasteiger partial charge in [0, 0.05) is 81.9 Å². The Hall–Kier alpha value is -2.77. The van der Waals surface area contributed by atoms with Gasteiger partial charge in [0.25, 0.3) is 5.56 Å². The largest absolute Gasteiger partial charge is 0.380 e. The maximum absolute atomic E-state index is 13.1. The number of hydrogen-bond acceptors (Lipinski definition) is 5. The van der Waals surface area contributed by atoms with Gasteiger partial charge >= 0.3 is 0 Å². The molecule has 1 aliphatic heterocycles. The third-order valence-electron chi connectivity index (χ3n) is 6.56. The number of aromatic nitrogens is 3. The number of rotatable bonds is 9. The van der Waals surface area contributed by atoms with E-state index in [1.54, 1.807) is 10.5 Å². The second kappa shape index (κ2) is 10.7. The number of hydrogen-bond donors (Lipinski definition) is 0. The zero-order chi connectivity index (χ0) is 24.2. The van der Waals surface area contributed by atoms with Gasteiger partial charge in [0.05, 0.1) is 5.69 Å². The SMILES string of the molecule is C=C(CN1CCN(c2cc(=O)n3cc(-c4ccc(Cl)cc4)nc3n2CCCCC)CC1)N(C)C. The van der Waals surface area contributed by atoms with Crippen molar-refractivity contribution < 1.29 is 0 Å². The molecule has 182 valence electrons. The van der Waals surface area contributed by atoms with Crippen molar-refractivity contribution in [3.05, 3.63) is 64.2 Å². The number of fused-ring (bicyclic) bond motifs is 1. The average molecular weight is 483 g/mol. The van der Waals surface area contributed by atoms with E-state index in [1.807, 2.05) is 44.6 Å². The van der Waals surface area contributed by atoms with Crippen molar-refractivity contribution in [1.29, 1.82) is 0 Å². The number of piperazine rings is 1. The second-order valence-electron chi connectivity index (χ2n) is 9.23. The van der Waals surface area contributed by atoms with Crippen LogP contribution in [0.4, 0.5) is 5.82 Å². The summed E-state index contributed by atoms with van der Waals surface area (Å²) in [5.41, 5.74) is 2.79. The summed E-state index contributed by atoms with van der Waals surface area (Å²) in [5, 5.41) is 0.683. The van der Waals surface area contributed by atoms with Crippen LogP contribution in [-0.4, -0.2) is 70.6 Å². The van der Waals surface area contributed by atoms with Crippen LogP contribution in [-0.2, 0) is 6.54 Å². The molecule has 0 saturated carbocycles. The fourth-order valence-corrected chi connectivity index (χ4v) is 4.50. The zero-order valence-electron chi connectivity index (χ0n) is 20.5. The molecular formula is C26H35ClN6O. The van der Waals surface area contributed by atoms with E-state index in [4.69, 9.17) is 16.6 Å². The number of halogens is 1. The van der Waals surface area contributed by atoms with Crippen LogP contribution < -0.4 is 10.5 Å². The predicted octanol–water partition coefficient (Wildman–Crippen LogP) is 4.20. The van der Waals surface area contributed by atoms with Crippen molar-refractivity contribution >= 4 is 23.2 Å². The number of likely N-dealkylation sites (N-methyl/N-ethyl adjacent to an activating group) is 1. The summed E-state index contributed by atoms with van der Waals surface area (Å²) in [6, 6.07) is 9.37. The fourth-order valence-electron chi connectivity index (χ4n) is 4.37. The van der Waals surface area contributed by atoms with E-state index in [2.05, 4.69) is 32.8 Å². The third-order valence-corrected chi connectivity index (χ3v) is 6.81. The number of nitrogens with zero attached hydrogens (tertiary/aromatic N) is 6. The molecule has 7 nitrogen and oxygen atoms in total. The van der Waals surface area contributed by atoms with Crippen LogP contribution in [0.1, 0.15) is 26.2 Å². The molecule has 1 aromatic carbocycles. The molecular weight excluding hydrogens is 448 g/mol. The first-order valence-corrected chi connectivity index (χ1v) is 12.5. The van der Waals surface area contributed by atoms with Crippen LogP contribution in [0.25, 0.3) is 17.0 Å². The number of benzene rings is 1. The molecule has 34 heavy (non-hydrogen) atoms. The molecule has 0 N–H and O–H groups in total. The van der Waals surface area contributed by atoms with Gasteiger partial charge in [-0.25, -0.2) is 4.98 Å². The van der Waals surface area contributed by atoms with Crippen LogP contribution in [0, 0.1) is 0 Å². The van der Waals surface area contributed by atoms with Gasteiger partial charge in [0.15, 0.2) is 0 Å². The first kappa shape index (κ1) is 24.4. The van der Waals surface area contributed by atoms with E-state index in [0.717, 1.165) is 81.3 Å². The van der Waals surface area contributed by atoms with Gasteiger partial charge in [-0.05, 0) is 18.6 Å². The van der Waals surface area contributed by atoms with Crippen molar-refractivity contribution in [3.8, 4) is 11.3 Å². The van der Waals surface area contributed by atoms with Crippen LogP contribution >= 0.6 is 11.6 Å². The first-order valence-electron chi connectivity index (χ1n) is 12.1. The van der Waals surface area contributed by atoms with Gasteiger partial charge in [-0.3, -0.25) is 18.7 Å². The molecule has 4 rings (SSSR count). The standard InChI is InChI=1S/C26H35ClN6O/c1-5-6-7-12-32-24(31-15-13-30(14-16-31)18-20(2)29(3)4)17-25(34)33-19-23(28-26(32)33)21-8-10-22(27)11-9-21/h8-11,17,19H,2,5-7,12-16,18H2,1,3-4H3. The monoisotopic (exact) mass is 482 g/mol. The Bertz CT molecular complexity index is 1190. The van der Waals surface area contributed by atoms with E-state index in [0.29, 0.717) is 10.8 Å². The van der Waals surface area contributed by atoms with E-state index in [1.165, 1.54) is 0 Å². The van der Waals surface area contributed by atoms with Crippen molar-refractivity contribution in [2.45, 2.75) is 32.7 Å². The van der Waals surface area contributed by atoms with Gasteiger partial charge in [-0.1, -0.05) is 50.1 Å². The fraction of sp³-hybridized carbons (Fsp3) is 0.462. The second-order valence-corrected chi connectivity index (χ2v) is 9.66. The summed E-state index contributed by atoms with van der Waals surface area (Å²) in [6.45, 7) is 11.7. The lowest BCUT2D eigenvalue weighted by Crippen LogP contribution is -2.48. The highest BCUT2D eigenvalue weighted by Crippen LogP contribution is 2.24. The van der Waals surface area contributed by atoms with Crippen LogP contribution in [0.5, 0.6) is 0 Å². The van der Waals surface area contributed by atoms with Gasteiger partial charge in [0.1, 0.15) is 5.82 Å².